The first-order chi connectivity index (χ1) is 13.5. The molecule has 1 N–H and O–H groups in total. The maximum Gasteiger partial charge on any atom is 0.305 e. The summed E-state index contributed by atoms with van der Waals surface area (Å²) in [4.78, 5) is 30.6. The van der Waals surface area contributed by atoms with E-state index in [0.29, 0.717) is 6.54 Å². The van der Waals surface area contributed by atoms with Crippen molar-refractivity contribution < 1.29 is 14.7 Å². The van der Waals surface area contributed by atoms with Gasteiger partial charge in [0.1, 0.15) is 0 Å². The number of likely N-dealkylation sites (N-methyl/N-ethyl adjacent to an activating group) is 1. The highest BCUT2D eigenvalue weighted by Gasteiger charge is 2.17. The van der Waals surface area contributed by atoms with E-state index in [1.54, 1.807) is 16.2 Å². The summed E-state index contributed by atoms with van der Waals surface area (Å²) in [5.41, 5.74) is 2.10. The van der Waals surface area contributed by atoms with Gasteiger partial charge in [0, 0.05) is 24.4 Å². The van der Waals surface area contributed by atoms with Crippen LogP contribution in [0.5, 0.6) is 0 Å². The van der Waals surface area contributed by atoms with E-state index in [0.717, 1.165) is 22.0 Å². The van der Waals surface area contributed by atoms with Crippen molar-refractivity contribution in [3.63, 3.8) is 0 Å². The molecule has 1 heterocycles. The quantitative estimate of drug-likeness (QED) is 0.623. The lowest BCUT2D eigenvalue weighted by atomic mass is 10.0. The van der Waals surface area contributed by atoms with E-state index < -0.39 is 5.97 Å². The number of fused-ring (bicyclic) bond motifs is 1. The van der Waals surface area contributed by atoms with Gasteiger partial charge in [-0.15, -0.1) is 11.3 Å². The van der Waals surface area contributed by atoms with E-state index >= 15 is 0 Å². The molecular formula is C22H24N2O3S. The normalized spacial score (nSPS) is 10.9. The Hall–Kier alpha value is -2.73. The van der Waals surface area contributed by atoms with Crippen LogP contribution in [0, 0.1) is 6.92 Å². The molecule has 6 heteroatoms. The lowest BCUT2D eigenvalue weighted by Gasteiger charge is -2.19. The molecule has 1 aromatic heterocycles. The van der Waals surface area contributed by atoms with Gasteiger partial charge in [0.25, 0.3) is 0 Å². The van der Waals surface area contributed by atoms with Crippen LogP contribution in [-0.4, -0.2) is 40.0 Å². The Labute approximate surface area is 168 Å². The van der Waals surface area contributed by atoms with Crippen LogP contribution in [0.3, 0.4) is 0 Å². The number of hydrogen-bond donors (Lipinski definition) is 1. The van der Waals surface area contributed by atoms with Crippen molar-refractivity contribution in [3.05, 3.63) is 63.6 Å². The second kappa shape index (κ2) is 8.97. The van der Waals surface area contributed by atoms with Gasteiger partial charge in [-0.25, -0.2) is 4.98 Å². The molecule has 3 aromatic rings. The second-order valence-corrected chi connectivity index (χ2v) is 7.89. The lowest BCUT2D eigenvalue weighted by molar-refractivity contribution is -0.138. The Morgan fingerprint density at radius 2 is 1.89 bits per heavy atom. The SMILES string of the molecule is CCN(CCC(=O)O)C(=O)Cc1sc(Cc2cccc3ccccc23)nc1C. The minimum atomic E-state index is -0.891. The summed E-state index contributed by atoms with van der Waals surface area (Å²) in [6, 6.07) is 14.6. The number of aromatic nitrogens is 1. The summed E-state index contributed by atoms with van der Waals surface area (Å²) in [7, 11) is 0. The molecule has 0 fully saturated rings. The summed E-state index contributed by atoms with van der Waals surface area (Å²) in [6.45, 7) is 4.54. The third-order valence-corrected chi connectivity index (χ3v) is 5.96. The van der Waals surface area contributed by atoms with Gasteiger partial charge >= 0.3 is 5.97 Å². The van der Waals surface area contributed by atoms with E-state index in [4.69, 9.17) is 5.11 Å². The molecule has 0 saturated carbocycles. The second-order valence-electron chi connectivity index (χ2n) is 6.73. The van der Waals surface area contributed by atoms with Crippen LogP contribution in [-0.2, 0) is 22.4 Å². The number of amides is 1. The third kappa shape index (κ3) is 4.75. The molecule has 0 atom stereocenters. The van der Waals surface area contributed by atoms with Crippen LogP contribution in [0.4, 0.5) is 0 Å². The first kappa shape index (κ1) is 20.0. The van der Waals surface area contributed by atoms with Crippen LogP contribution < -0.4 is 0 Å². The Kier molecular flexibility index (Phi) is 6.41. The number of carbonyl (C=O) groups excluding carboxylic acids is 1. The number of carboxylic acids is 1. The molecule has 0 radical (unpaired) electrons. The number of carbonyl (C=O) groups is 2. The molecule has 0 bridgehead atoms. The van der Waals surface area contributed by atoms with E-state index in [2.05, 4.69) is 35.3 Å². The summed E-state index contributed by atoms with van der Waals surface area (Å²) in [5, 5.41) is 12.3. The minimum absolute atomic E-state index is 0.0341. The maximum absolute atomic E-state index is 12.6. The van der Waals surface area contributed by atoms with Crippen molar-refractivity contribution >= 4 is 34.0 Å². The summed E-state index contributed by atoms with van der Waals surface area (Å²) >= 11 is 1.57. The average molecular weight is 397 g/mol. The van der Waals surface area contributed by atoms with Crippen molar-refractivity contribution in [1.82, 2.24) is 9.88 Å². The molecule has 5 nitrogen and oxygen atoms in total. The molecule has 146 valence electrons. The molecule has 3 rings (SSSR count). The fraction of sp³-hybridized carbons (Fsp3) is 0.318. The molecule has 0 saturated heterocycles. The number of rotatable bonds is 8. The predicted octanol–water partition coefficient (Wildman–Crippen LogP) is 4.06. The van der Waals surface area contributed by atoms with Gasteiger partial charge in [0.05, 0.1) is 23.5 Å². The Balaban J connectivity index is 1.74. The molecule has 0 unspecified atom stereocenters. The van der Waals surface area contributed by atoms with Gasteiger partial charge < -0.3 is 10.0 Å². The van der Waals surface area contributed by atoms with Crippen molar-refractivity contribution in [2.45, 2.75) is 33.1 Å². The molecule has 0 aliphatic heterocycles. The highest BCUT2D eigenvalue weighted by molar-refractivity contribution is 7.11. The smallest absolute Gasteiger partial charge is 0.305 e. The average Bonchev–Trinajstić information content (AvgIpc) is 3.01. The zero-order chi connectivity index (χ0) is 20.1. The number of hydrogen-bond acceptors (Lipinski definition) is 4. The third-order valence-electron chi connectivity index (χ3n) is 4.80. The summed E-state index contributed by atoms with van der Waals surface area (Å²) < 4.78 is 0. The van der Waals surface area contributed by atoms with E-state index in [9.17, 15) is 9.59 Å². The number of nitrogens with zero attached hydrogens (tertiary/aromatic N) is 2. The predicted molar refractivity (Wildman–Crippen MR) is 112 cm³/mol. The summed E-state index contributed by atoms with van der Waals surface area (Å²) in [5.74, 6) is -0.940. The van der Waals surface area contributed by atoms with E-state index in [1.807, 2.05) is 26.0 Å². The largest absolute Gasteiger partial charge is 0.481 e. The molecule has 2 aromatic carbocycles. The molecule has 1 amide bonds. The van der Waals surface area contributed by atoms with E-state index in [1.165, 1.54) is 16.3 Å². The van der Waals surface area contributed by atoms with Gasteiger partial charge in [-0.3, -0.25) is 9.59 Å². The zero-order valence-electron chi connectivity index (χ0n) is 16.1. The standard InChI is InChI=1S/C22H24N2O3S/c1-3-24(12-11-22(26)27)21(25)14-19-15(2)23-20(28-19)13-17-9-6-8-16-7-4-5-10-18(16)17/h4-10H,3,11-14H2,1-2H3,(H,26,27). The van der Waals surface area contributed by atoms with Crippen molar-refractivity contribution in [2.75, 3.05) is 13.1 Å². The number of aryl methyl sites for hydroxylation is 1. The first-order valence-corrected chi connectivity index (χ1v) is 10.2. The number of thiazole rings is 1. The van der Waals surface area contributed by atoms with Gasteiger partial charge in [-0.1, -0.05) is 42.5 Å². The molecule has 0 aliphatic rings. The van der Waals surface area contributed by atoms with Crippen LogP contribution in [0.15, 0.2) is 42.5 Å². The number of benzene rings is 2. The van der Waals surface area contributed by atoms with Crippen molar-refractivity contribution in [3.8, 4) is 0 Å². The number of aliphatic carboxylic acids is 1. The molecule has 0 aliphatic carbocycles. The van der Waals surface area contributed by atoms with Crippen molar-refractivity contribution in [2.24, 2.45) is 0 Å². The summed E-state index contributed by atoms with van der Waals surface area (Å²) in [6.07, 6.45) is 0.970. The Morgan fingerprint density at radius 1 is 1.14 bits per heavy atom. The fourth-order valence-electron chi connectivity index (χ4n) is 3.28. The fourth-order valence-corrected chi connectivity index (χ4v) is 4.36. The zero-order valence-corrected chi connectivity index (χ0v) is 17.0. The first-order valence-electron chi connectivity index (χ1n) is 9.39. The highest BCUT2D eigenvalue weighted by Crippen LogP contribution is 2.25. The lowest BCUT2D eigenvalue weighted by Crippen LogP contribution is -2.33. The highest BCUT2D eigenvalue weighted by atomic mass is 32.1. The van der Waals surface area contributed by atoms with Gasteiger partial charge in [-0.2, -0.15) is 0 Å². The van der Waals surface area contributed by atoms with Crippen LogP contribution in [0.1, 0.15) is 34.5 Å². The van der Waals surface area contributed by atoms with Crippen molar-refractivity contribution in [1.29, 1.82) is 0 Å². The maximum atomic E-state index is 12.6. The monoisotopic (exact) mass is 396 g/mol. The Bertz CT molecular complexity index is 991. The van der Waals surface area contributed by atoms with Crippen LogP contribution >= 0.6 is 11.3 Å². The van der Waals surface area contributed by atoms with Gasteiger partial charge in [0.15, 0.2) is 0 Å². The topological polar surface area (TPSA) is 70.5 Å². The molecular weight excluding hydrogens is 372 g/mol. The van der Waals surface area contributed by atoms with Crippen LogP contribution in [0.2, 0.25) is 0 Å². The minimum Gasteiger partial charge on any atom is -0.481 e. The van der Waals surface area contributed by atoms with E-state index in [-0.39, 0.29) is 25.3 Å². The van der Waals surface area contributed by atoms with Gasteiger partial charge in [0.2, 0.25) is 5.91 Å². The van der Waals surface area contributed by atoms with Crippen LogP contribution in [0.25, 0.3) is 10.8 Å². The van der Waals surface area contributed by atoms with Gasteiger partial charge in [-0.05, 0) is 30.2 Å². The number of carboxylic acid groups (broad SMARTS) is 1. The molecule has 28 heavy (non-hydrogen) atoms. The Morgan fingerprint density at radius 3 is 2.64 bits per heavy atom. The molecule has 0 spiro atoms.